The Bertz CT molecular complexity index is 359. The molecule has 1 saturated heterocycles. The molecule has 2 rings (SSSR count). The topological polar surface area (TPSA) is 66.6 Å². The van der Waals surface area contributed by atoms with Crippen LogP contribution in [-0.2, 0) is 9.59 Å². The van der Waals surface area contributed by atoms with Gasteiger partial charge in [0.15, 0.2) is 0 Å². The Morgan fingerprint density at radius 1 is 1.10 bits per heavy atom. The van der Waals surface area contributed by atoms with Crippen LogP contribution in [0.15, 0.2) is 0 Å². The van der Waals surface area contributed by atoms with Gasteiger partial charge >= 0.3 is 0 Å². The molecular weight excluding hydrogens is 266 g/mol. The Morgan fingerprint density at radius 3 is 2.29 bits per heavy atom. The van der Waals surface area contributed by atoms with E-state index in [1.54, 1.807) is 6.92 Å². The van der Waals surface area contributed by atoms with E-state index in [0.29, 0.717) is 12.8 Å². The highest BCUT2D eigenvalue weighted by atomic mass is 16.2. The monoisotopic (exact) mass is 295 g/mol. The molecule has 1 saturated carbocycles. The van der Waals surface area contributed by atoms with Gasteiger partial charge in [-0.05, 0) is 19.3 Å². The second-order valence-electron chi connectivity index (χ2n) is 6.55. The molecule has 2 aliphatic rings. The Kier molecular flexibility index (Phi) is 6.03. The van der Waals surface area contributed by atoms with Crippen LogP contribution in [0.1, 0.15) is 51.9 Å². The van der Waals surface area contributed by atoms with Crippen LogP contribution in [0.5, 0.6) is 0 Å². The number of nitrogens with two attached hydrogens (primary N) is 1. The fraction of sp³-hybridized carbons (Fsp3) is 0.875. The molecule has 2 N–H and O–H groups in total. The van der Waals surface area contributed by atoms with Gasteiger partial charge in [0.1, 0.15) is 0 Å². The first kappa shape index (κ1) is 16.3. The van der Waals surface area contributed by atoms with Crippen molar-refractivity contribution in [1.29, 1.82) is 0 Å². The van der Waals surface area contributed by atoms with Crippen molar-refractivity contribution in [3.05, 3.63) is 0 Å². The molecule has 1 heterocycles. The van der Waals surface area contributed by atoms with Crippen molar-refractivity contribution in [3.8, 4) is 0 Å². The van der Waals surface area contributed by atoms with Gasteiger partial charge in [-0.15, -0.1) is 0 Å². The molecule has 1 aliphatic heterocycles. The highest BCUT2D eigenvalue weighted by molar-refractivity contribution is 5.79. The lowest BCUT2D eigenvalue weighted by Gasteiger charge is -2.40. The molecule has 0 aromatic carbocycles. The minimum Gasteiger partial charge on any atom is -0.369 e. The first-order valence-corrected chi connectivity index (χ1v) is 8.39. The van der Waals surface area contributed by atoms with Gasteiger partial charge in [0.2, 0.25) is 11.8 Å². The summed E-state index contributed by atoms with van der Waals surface area (Å²) in [6, 6.07) is 0.742. The molecule has 21 heavy (non-hydrogen) atoms. The normalized spacial score (nSPS) is 23.0. The lowest BCUT2D eigenvalue weighted by molar-refractivity contribution is -0.133. The number of primary amides is 1. The van der Waals surface area contributed by atoms with Crippen molar-refractivity contribution < 1.29 is 9.59 Å². The summed E-state index contributed by atoms with van der Waals surface area (Å²) in [6.07, 6.45) is 7.75. The minimum atomic E-state index is -0.315. The van der Waals surface area contributed by atoms with E-state index in [0.717, 1.165) is 32.2 Å². The van der Waals surface area contributed by atoms with Gasteiger partial charge in [0.25, 0.3) is 0 Å². The lowest BCUT2D eigenvalue weighted by atomic mass is 9.94. The molecule has 0 aromatic heterocycles. The van der Waals surface area contributed by atoms with Gasteiger partial charge < -0.3 is 10.6 Å². The fourth-order valence-electron chi connectivity index (χ4n) is 3.42. The van der Waals surface area contributed by atoms with Crippen LogP contribution in [0.2, 0.25) is 0 Å². The summed E-state index contributed by atoms with van der Waals surface area (Å²) in [7, 11) is 0. The molecule has 0 aromatic rings. The van der Waals surface area contributed by atoms with E-state index in [1.807, 2.05) is 4.90 Å². The predicted molar refractivity (Wildman–Crippen MR) is 82.6 cm³/mol. The number of rotatable bonds is 5. The zero-order chi connectivity index (χ0) is 15.2. The Balaban J connectivity index is 1.70. The molecule has 0 bridgehead atoms. The largest absolute Gasteiger partial charge is 0.369 e. The Labute approximate surface area is 127 Å². The van der Waals surface area contributed by atoms with Crippen molar-refractivity contribution in [2.75, 3.05) is 26.2 Å². The summed E-state index contributed by atoms with van der Waals surface area (Å²) in [5.74, 6) is -0.353. The molecule has 1 atom stereocenters. The number of carbonyl (C=O) groups excluding carboxylic acids is 2. The molecule has 2 amide bonds. The van der Waals surface area contributed by atoms with Crippen LogP contribution in [0.3, 0.4) is 0 Å². The average Bonchev–Trinajstić information content (AvgIpc) is 2.53. The van der Waals surface area contributed by atoms with E-state index in [-0.39, 0.29) is 17.7 Å². The molecule has 1 aliphatic carbocycles. The molecule has 120 valence electrons. The molecule has 5 nitrogen and oxygen atoms in total. The van der Waals surface area contributed by atoms with Crippen molar-refractivity contribution in [2.45, 2.75) is 57.9 Å². The minimum absolute atomic E-state index is 0.173. The number of hydrogen-bond donors (Lipinski definition) is 1. The van der Waals surface area contributed by atoms with E-state index < -0.39 is 0 Å². The first-order valence-electron chi connectivity index (χ1n) is 8.39. The van der Waals surface area contributed by atoms with Crippen LogP contribution in [-0.4, -0.2) is 53.8 Å². The summed E-state index contributed by atoms with van der Waals surface area (Å²) >= 11 is 0. The van der Waals surface area contributed by atoms with E-state index in [2.05, 4.69) is 4.90 Å². The number of piperazine rings is 1. The average molecular weight is 295 g/mol. The second-order valence-corrected chi connectivity index (χ2v) is 6.55. The lowest BCUT2D eigenvalue weighted by Crippen LogP contribution is -2.52. The maximum absolute atomic E-state index is 12.2. The van der Waals surface area contributed by atoms with Crippen LogP contribution < -0.4 is 5.73 Å². The zero-order valence-electron chi connectivity index (χ0n) is 13.2. The highest BCUT2D eigenvalue weighted by Crippen LogP contribution is 2.23. The number of carbonyl (C=O) groups is 2. The third-order valence-electron chi connectivity index (χ3n) is 5.03. The number of amides is 2. The van der Waals surface area contributed by atoms with Crippen LogP contribution in [0.25, 0.3) is 0 Å². The van der Waals surface area contributed by atoms with E-state index >= 15 is 0 Å². The molecule has 0 unspecified atom stereocenters. The molecule has 0 radical (unpaired) electrons. The molecule has 0 spiro atoms. The van der Waals surface area contributed by atoms with E-state index in [1.165, 1.54) is 32.1 Å². The van der Waals surface area contributed by atoms with Crippen LogP contribution in [0.4, 0.5) is 0 Å². The number of nitrogens with zero attached hydrogens (tertiary/aromatic N) is 2. The van der Waals surface area contributed by atoms with Gasteiger partial charge in [-0.1, -0.05) is 26.2 Å². The summed E-state index contributed by atoms with van der Waals surface area (Å²) in [5, 5.41) is 0. The highest BCUT2D eigenvalue weighted by Gasteiger charge is 2.27. The third kappa shape index (κ3) is 4.70. The second kappa shape index (κ2) is 7.78. The maximum Gasteiger partial charge on any atom is 0.222 e. The Hall–Kier alpha value is -1.10. The zero-order valence-corrected chi connectivity index (χ0v) is 13.2. The van der Waals surface area contributed by atoms with Crippen molar-refractivity contribution in [3.63, 3.8) is 0 Å². The summed E-state index contributed by atoms with van der Waals surface area (Å²) in [6.45, 7) is 5.46. The smallest absolute Gasteiger partial charge is 0.222 e. The maximum atomic E-state index is 12.2. The Morgan fingerprint density at radius 2 is 1.71 bits per heavy atom. The van der Waals surface area contributed by atoms with Crippen molar-refractivity contribution >= 4 is 11.8 Å². The quantitative estimate of drug-likeness (QED) is 0.833. The summed E-state index contributed by atoms with van der Waals surface area (Å²) in [5.41, 5.74) is 5.23. The van der Waals surface area contributed by atoms with Gasteiger partial charge in [0, 0.05) is 44.6 Å². The van der Waals surface area contributed by atoms with Gasteiger partial charge in [0.05, 0.1) is 0 Å². The van der Waals surface area contributed by atoms with Gasteiger partial charge in [-0.3, -0.25) is 14.5 Å². The van der Waals surface area contributed by atoms with Gasteiger partial charge in [-0.25, -0.2) is 0 Å². The first-order chi connectivity index (χ1) is 10.1. The van der Waals surface area contributed by atoms with Crippen LogP contribution >= 0.6 is 0 Å². The summed E-state index contributed by atoms with van der Waals surface area (Å²) in [4.78, 5) is 27.7. The van der Waals surface area contributed by atoms with Gasteiger partial charge in [-0.2, -0.15) is 0 Å². The third-order valence-corrected chi connectivity index (χ3v) is 5.03. The van der Waals surface area contributed by atoms with Crippen molar-refractivity contribution in [1.82, 2.24) is 9.80 Å². The molecule has 2 fully saturated rings. The SMILES string of the molecule is C[C@@H](CCC(=O)N1CCN(C2CCCCC2)CC1)C(N)=O. The number of hydrogen-bond acceptors (Lipinski definition) is 3. The predicted octanol–water partition coefficient (Wildman–Crippen LogP) is 1.36. The molecule has 5 heteroatoms. The summed E-state index contributed by atoms with van der Waals surface area (Å²) < 4.78 is 0. The van der Waals surface area contributed by atoms with Crippen LogP contribution in [0, 0.1) is 5.92 Å². The van der Waals surface area contributed by atoms with E-state index in [9.17, 15) is 9.59 Å². The standard InChI is InChI=1S/C16H29N3O2/c1-13(16(17)21)7-8-15(20)19-11-9-18(10-12-19)14-5-3-2-4-6-14/h13-14H,2-12H2,1H3,(H2,17,21)/t13-/m0/s1. The van der Waals surface area contributed by atoms with Crippen molar-refractivity contribution in [2.24, 2.45) is 11.7 Å². The van der Waals surface area contributed by atoms with E-state index in [4.69, 9.17) is 5.73 Å². The fourth-order valence-corrected chi connectivity index (χ4v) is 3.42. The molecular formula is C16H29N3O2.